The van der Waals surface area contributed by atoms with Crippen molar-refractivity contribution in [2.45, 2.75) is 47.1 Å². The largest absolute Gasteiger partial charge is 0.159 e. The first-order chi connectivity index (χ1) is 14.4. The van der Waals surface area contributed by atoms with Crippen molar-refractivity contribution >= 4 is 23.6 Å². The van der Waals surface area contributed by atoms with E-state index >= 15 is 0 Å². The molecule has 0 fully saturated rings. The zero-order chi connectivity index (χ0) is 21.5. The van der Waals surface area contributed by atoms with Gasteiger partial charge in [0.2, 0.25) is 0 Å². The first-order valence-corrected chi connectivity index (χ1v) is 13.0. The molecule has 0 amide bonds. The fourth-order valence-corrected chi connectivity index (χ4v) is 11.6. The van der Waals surface area contributed by atoms with E-state index in [1.54, 1.807) is 11.1 Å². The zero-order valence-electron chi connectivity index (χ0n) is 19.1. The Bertz CT molecular complexity index is 1080. The van der Waals surface area contributed by atoms with Gasteiger partial charge < -0.3 is 0 Å². The third-order valence-corrected chi connectivity index (χ3v) is 12.6. The van der Waals surface area contributed by atoms with Crippen LogP contribution in [0.1, 0.15) is 38.8 Å². The molecule has 30 heavy (non-hydrogen) atoms. The maximum Gasteiger partial charge on any atom is 0.159 e. The third-order valence-electron chi connectivity index (χ3n) is 7.22. The van der Waals surface area contributed by atoms with Gasteiger partial charge in [0.15, 0.2) is 8.07 Å². The molecule has 1 aliphatic rings. The van der Waals surface area contributed by atoms with Gasteiger partial charge >= 0.3 is 0 Å². The minimum Gasteiger partial charge on any atom is -0.0647 e. The minimum absolute atomic E-state index is 0.434. The molecule has 3 aromatic rings. The summed E-state index contributed by atoms with van der Waals surface area (Å²) in [6.07, 6.45) is 0. The van der Waals surface area contributed by atoms with Gasteiger partial charge in [-0.3, -0.25) is 0 Å². The molecule has 0 atom stereocenters. The average Bonchev–Trinajstić information content (AvgIpc) is 2.94. The van der Waals surface area contributed by atoms with E-state index in [1.807, 2.05) is 0 Å². The monoisotopic (exact) mass is 408 g/mol. The third kappa shape index (κ3) is 3.13. The molecule has 0 N–H and O–H groups in total. The van der Waals surface area contributed by atoms with E-state index in [9.17, 15) is 0 Å². The smallest absolute Gasteiger partial charge is 0.0647 e. The summed E-state index contributed by atoms with van der Waals surface area (Å²) in [4.78, 5) is 0. The summed E-state index contributed by atoms with van der Waals surface area (Å²) >= 11 is 0. The van der Waals surface area contributed by atoms with Crippen LogP contribution in [0.5, 0.6) is 0 Å². The first-order valence-electron chi connectivity index (χ1n) is 10.9. The normalized spacial score (nSPS) is 15.3. The topological polar surface area (TPSA) is 0 Å². The van der Waals surface area contributed by atoms with Crippen molar-refractivity contribution in [2.75, 3.05) is 0 Å². The summed E-state index contributed by atoms with van der Waals surface area (Å²) < 4.78 is 0. The van der Waals surface area contributed by atoms with Crippen LogP contribution in [0.4, 0.5) is 0 Å². The van der Waals surface area contributed by atoms with Crippen LogP contribution >= 0.6 is 0 Å². The van der Waals surface area contributed by atoms with Crippen LogP contribution in [0.15, 0.2) is 101 Å². The second-order valence-corrected chi connectivity index (χ2v) is 12.9. The van der Waals surface area contributed by atoms with Crippen molar-refractivity contribution in [1.82, 2.24) is 0 Å². The number of hydrogen-bond donors (Lipinski definition) is 0. The Morgan fingerprint density at radius 3 is 1.37 bits per heavy atom. The van der Waals surface area contributed by atoms with Crippen LogP contribution in [0.25, 0.3) is 0 Å². The molecule has 0 unspecified atom stereocenters. The maximum absolute atomic E-state index is 2.45. The number of hydrogen-bond acceptors (Lipinski definition) is 0. The van der Waals surface area contributed by atoms with Crippen LogP contribution in [0, 0.1) is 13.8 Å². The van der Waals surface area contributed by atoms with Gasteiger partial charge in [0.25, 0.3) is 0 Å². The number of allylic oxidation sites excluding steroid dienone is 4. The summed E-state index contributed by atoms with van der Waals surface area (Å²) in [5.41, 5.74) is 9.15. The lowest BCUT2D eigenvalue weighted by Crippen LogP contribution is -2.70. The second kappa shape index (κ2) is 7.89. The fraction of sp³-hybridized carbons (Fsp3) is 0.241. The van der Waals surface area contributed by atoms with E-state index in [-0.39, 0.29) is 0 Å². The van der Waals surface area contributed by atoms with Crippen molar-refractivity contribution in [1.29, 1.82) is 0 Å². The van der Waals surface area contributed by atoms with Crippen LogP contribution in [0.2, 0.25) is 5.54 Å². The Labute approximate surface area is 183 Å². The fourth-order valence-electron chi connectivity index (χ4n) is 5.48. The minimum atomic E-state index is -2.38. The van der Waals surface area contributed by atoms with Crippen LogP contribution in [0.3, 0.4) is 0 Å². The molecule has 3 aromatic carbocycles. The first kappa shape index (κ1) is 20.6. The van der Waals surface area contributed by atoms with Gasteiger partial charge in [-0.1, -0.05) is 101 Å². The summed E-state index contributed by atoms with van der Waals surface area (Å²) in [5.74, 6) is 0. The van der Waals surface area contributed by atoms with E-state index in [0.717, 1.165) is 0 Å². The van der Waals surface area contributed by atoms with E-state index in [4.69, 9.17) is 0 Å². The highest BCUT2D eigenvalue weighted by Gasteiger charge is 2.50. The van der Waals surface area contributed by atoms with Crippen LogP contribution < -0.4 is 15.6 Å². The number of aryl methyl sites for hydroxylation is 2. The Kier molecular flexibility index (Phi) is 5.42. The molecule has 0 saturated carbocycles. The van der Waals surface area contributed by atoms with Gasteiger partial charge in [-0.05, 0) is 68.2 Å². The quantitative estimate of drug-likeness (QED) is 0.376. The van der Waals surface area contributed by atoms with Gasteiger partial charge in [0.1, 0.15) is 0 Å². The lowest BCUT2D eigenvalue weighted by molar-refractivity contribution is 1.09. The van der Waals surface area contributed by atoms with Gasteiger partial charge in [0, 0.05) is 5.54 Å². The molecule has 0 spiro atoms. The van der Waals surface area contributed by atoms with Crippen molar-refractivity contribution in [2.24, 2.45) is 0 Å². The predicted octanol–water partition coefficient (Wildman–Crippen LogP) is 5.83. The standard InChI is InChI=1S/C29H32Si/c1-20-12-10-16-27(18-20)30(26-14-8-7-9-15-26,28-17-11-13-21(2)19-28)29-24(5)22(3)23(4)25(29)6/h7-19,29H,1-6H3. The molecule has 0 aliphatic heterocycles. The zero-order valence-corrected chi connectivity index (χ0v) is 20.1. The van der Waals surface area contributed by atoms with Crippen LogP contribution in [-0.2, 0) is 0 Å². The molecule has 0 aromatic heterocycles. The highest BCUT2D eigenvalue weighted by atomic mass is 28.3. The lowest BCUT2D eigenvalue weighted by Gasteiger charge is -2.41. The molecule has 1 aliphatic carbocycles. The molecule has 152 valence electrons. The van der Waals surface area contributed by atoms with Gasteiger partial charge in [-0.25, -0.2) is 0 Å². The summed E-state index contributed by atoms with van der Waals surface area (Å²) in [6, 6.07) is 29.9. The van der Waals surface area contributed by atoms with E-state index in [1.165, 1.54) is 37.8 Å². The van der Waals surface area contributed by atoms with Gasteiger partial charge in [-0.2, -0.15) is 0 Å². The summed E-state index contributed by atoms with van der Waals surface area (Å²) in [7, 11) is -2.38. The van der Waals surface area contributed by atoms with Gasteiger partial charge in [0.05, 0.1) is 0 Å². The van der Waals surface area contributed by atoms with Crippen LogP contribution in [-0.4, -0.2) is 8.07 Å². The lowest BCUT2D eigenvalue weighted by atomic mass is 10.1. The van der Waals surface area contributed by atoms with Crippen molar-refractivity contribution in [3.63, 3.8) is 0 Å². The molecular weight excluding hydrogens is 376 g/mol. The molecule has 0 radical (unpaired) electrons. The molecule has 0 heterocycles. The van der Waals surface area contributed by atoms with E-state index in [0.29, 0.717) is 5.54 Å². The average molecular weight is 409 g/mol. The molecule has 0 saturated heterocycles. The highest BCUT2D eigenvalue weighted by Crippen LogP contribution is 2.46. The Morgan fingerprint density at radius 1 is 0.500 bits per heavy atom. The van der Waals surface area contributed by atoms with Gasteiger partial charge in [-0.15, -0.1) is 0 Å². The molecule has 0 bridgehead atoms. The number of benzene rings is 3. The van der Waals surface area contributed by atoms with Crippen molar-refractivity contribution < 1.29 is 0 Å². The Hall–Kier alpha value is -2.64. The second-order valence-electron chi connectivity index (χ2n) is 8.96. The SMILES string of the molecule is CC1=C(C)C([Si](c2ccccc2)(c2cccc(C)c2)c2cccc(C)c2)C(C)=C1C. The molecule has 4 rings (SSSR count). The molecule has 0 nitrogen and oxygen atoms in total. The molecule has 1 heteroatoms. The molecular formula is C29H32Si. The summed E-state index contributed by atoms with van der Waals surface area (Å²) in [5, 5.41) is 4.50. The highest BCUT2D eigenvalue weighted by molar-refractivity contribution is 7.13. The van der Waals surface area contributed by atoms with Crippen molar-refractivity contribution in [3.8, 4) is 0 Å². The summed E-state index contributed by atoms with van der Waals surface area (Å²) in [6.45, 7) is 13.8. The Morgan fingerprint density at radius 2 is 0.933 bits per heavy atom. The predicted molar refractivity (Wildman–Crippen MR) is 134 cm³/mol. The van der Waals surface area contributed by atoms with E-state index in [2.05, 4.69) is 120 Å². The Balaban J connectivity index is 2.19. The maximum atomic E-state index is 2.45. The van der Waals surface area contributed by atoms with E-state index < -0.39 is 8.07 Å². The van der Waals surface area contributed by atoms with Crippen molar-refractivity contribution in [3.05, 3.63) is 112 Å². The number of rotatable bonds is 4.